The van der Waals surface area contributed by atoms with Gasteiger partial charge >= 0.3 is 0 Å². The summed E-state index contributed by atoms with van der Waals surface area (Å²) in [7, 11) is 0. The third-order valence-electron chi connectivity index (χ3n) is 3.48. The maximum atomic E-state index is 3.71. The van der Waals surface area contributed by atoms with Crippen molar-refractivity contribution < 1.29 is 0 Å². The molecule has 0 bridgehead atoms. The molecule has 1 rings (SSSR count). The molecule has 1 N–H and O–H groups in total. The van der Waals surface area contributed by atoms with Gasteiger partial charge in [-0.3, -0.25) is 0 Å². The van der Waals surface area contributed by atoms with E-state index in [1.54, 1.807) is 0 Å². The van der Waals surface area contributed by atoms with Crippen molar-refractivity contribution in [3.8, 4) is 0 Å². The van der Waals surface area contributed by atoms with E-state index in [2.05, 4.69) is 39.9 Å². The summed E-state index contributed by atoms with van der Waals surface area (Å²) in [5.74, 6) is 1.62. The lowest BCUT2D eigenvalue weighted by atomic mass is 9.70. The van der Waals surface area contributed by atoms with E-state index in [-0.39, 0.29) is 0 Å². The molecule has 0 amide bonds. The molecule has 0 spiro atoms. The van der Waals surface area contributed by atoms with E-state index in [4.69, 9.17) is 0 Å². The van der Waals surface area contributed by atoms with Crippen LogP contribution in [0.4, 0.5) is 0 Å². The van der Waals surface area contributed by atoms with Crippen molar-refractivity contribution in [2.45, 2.75) is 59.9 Å². The molecule has 2 unspecified atom stereocenters. The fourth-order valence-electron chi connectivity index (χ4n) is 2.64. The fraction of sp³-hybridized carbons (Fsp3) is 1.00. The SMILES string of the molecule is CC(C)CNC1CCC(C)(C)CC1C. The van der Waals surface area contributed by atoms with Crippen LogP contribution in [0.5, 0.6) is 0 Å². The predicted octanol–water partition coefficient (Wildman–Crippen LogP) is 3.45. The summed E-state index contributed by atoms with van der Waals surface area (Å²) in [5.41, 5.74) is 0.579. The van der Waals surface area contributed by atoms with E-state index in [1.807, 2.05) is 0 Å². The Morgan fingerprint density at radius 1 is 1.36 bits per heavy atom. The fourth-order valence-corrected chi connectivity index (χ4v) is 2.64. The quantitative estimate of drug-likeness (QED) is 0.731. The maximum Gasteiger partial charge on any atom is 0.00932 e. The molecule has 14 heavy (non-hydrogen) atoms. The van der Waals surface area contributed by atoms with Crippen LogP contribution < -0.4 is 5.32 Å². The van der Waals surface area contributed by atoms with Gasteiger partial charge in [0.05, 0.1) is 0 Å². The van der Waals surface area contributed by atoms with Crippen LogP contribution >= 0.6 is 0 Å². The topological polar surface area (TPSA) is 12.0 Å². The molecule has 1 nitrogen and oxygen atoms in total. The van der Waals surface area contributed by atoms with Crippen LogP contribution in [0.1, 0.15) is 53.9 Å². The first kappa shape index (κ1) is 12.0. The lowest BCUT2D eigenvalue weighted by Gasteiger charge is -2.40. The van der Waals surface area contributed by atoms with Crippen molar-refractivity contribution in [3.63, 3.8) is 0 Å². The molecule has 0 aliphatic heterocycles. The molecule has 84 valence electrons. The van der Waals surface area contributed by atoms with Crippen LogP contribution in [0, 0.1) is 17.3 Å². The third kappa shape index (κ3) is 3.61. The molecule has 0 aromatic heterocycles. The highest BCUT2D eigenvalue weighted by atomic mass is 14.9. The van der Waals surface area contributed by atoms with Gasteiger partial charge in [0.15, 0.2) is 0 Å². The van der Waals surface area contributed by atoms with Gasteiger partial charge in [-0.1, -0.05) is 34.6 Å². The Hall–Kier alpha value is -0.0400. The zero-order valence-electron chi connectivity index (χ0n) is 10.6. The summed E-state index contributed by atoms with van der Waals surface area (Å²) in [6.07, 6.45) is 4.12. The van der Waals surface area contributed by atoms with Gasteiger partial charge in [0.1, 0.15) is 0 Å². The van der Waals surface area contributed by atoms with Gasteiger partial charge in [0, 0.05) is 6.04 Å². The normalized spacial score (nSPS) is 32.1. The molecule has 1 aliphatic carbocycles. The Kier molecular flexibility index (Phi) is 4.00. The highest BCUT2D eigenvalue weighted by Gasteiger charge is 2.31. The van der Waals surface area contributed by atoms with E-state index >= 15 is 0 Å². The summed E-state index contributed by atoms with van der Waals surface area (Å²) >= 11 is 0. The van der Waals surface area contributed by atoms with Gasteiger partial charge < -0.3 is 5.32 Å². The molecule has 0 radical (unpaired) electrons. The molecule has 0 heterocycles. The van der Waals surface area contributed by atoms with Gasteiger partial charge in [-0.05, 0) is 43.1 Å². The molecule has 0 aromatic rings. The van der Waals surface area contributed by atoms with Crippen molar-refractivity contribution in [1.82, 2.24) is 5.32 Å². The Bertz CT molecular complexity index is 170. The smallest absolute Gasteiger partial charge is 0.00932 e. The lowest BCUT2D eigenvalue weighted by molar-refractivity contribution is 0.147. The lowest BCUT2D eigenvalue weighted by Crippen LogP contribution is -2.42. The molecule has 1 aliphatic rings. The minimum absolute atomic E-state index is 0.579. The highest BCUT2D eigenvalue weighted by Crippen LogP contribution is 2.38. The van der Waals surface area contributed by atoms with Crippen molar-refractivity contribution in [3.05, 3.63) is 0 Å². The maximum absolute atomic E-state index is 3.71. The summed E-state index contributed by atoms with van der Waals surface area (Å²) in [4.78, 5) is 0. The van der Waals surface area contributed by atoms with Gasteiger partial charge in [-0.25, -0.2) is 0 Å². The largest absolute Gasteiger partial charge is 0.313 e. The van der Waals surface area contributed by atoms with Gasteiger partial charge in [-0.15, -0.1) is 0 Å². The summed E-state index contributed by atoms with van der Waals surface area (Å²) in [6.45, 7) is 13.0. The Balaban J connectivity index is 2.35. The van der Waals surface area contributed by atoms with Crippen molar-refractivity contribution in [1.29, 1.82) is 0 Å². The second kappa shape index (κ2) is 4.65. The summed E-state index contributed by atoms with van der Waals surface area (Å²) < 4.78 is 0. The van der Waals surface area contributed by atoms with Crippen LogP contribution in [0.15, 0.2) is 0 Å². The predicted molar refractivity (Wildman–Crippen MR) is 63.4 cm³/mol. The standard InChI is InChI=1S/C13H27N/c1-10(2)9-14-12-6-7-13(4,5)8-11(12)3/h10-12,14H,6-9H2,1-5H3. The number of hydrogen-bond acceptors (Lipinski definition) is 1. The van der Waals surface area contributed by atoms with E-state index in [0.29, 0.717) is 5.41 Å². The molecule has 1 heteroatoms. The third-order valence-corrected chi connectivity index (χ3v) is 3.48. The zero-order chi connectivity index (χ0) is 10.8. The van der Waals surface area contributed by atoms with E-state index in [0.717, 1.165) is 17.9 Å². The minimum atomic E-state index is 0.579. The monoisotopic (exact) mass is 197 g/mol. The minimum Gasteiger partial charge on any atom is -0.313 e. The number of rotatable bonds is 3. The molecule has 0 saturated heterocycles. The molecule has 1 fully saturated rings. The van der Waals surface area contributed by atoms with Gasteiger partial charge in [0.2, 0.25) is 0 Å². The highest BCUT2D eigenvalue weighted by molar-refractivity contribution is 4.86. The van der Waals surface area contributed by atoms with Crippen LogP contribution in [0.3, 0.4) is 0 Å². The average Bonchev–Trinajstić information content (AvgIpc) is 2.00. The van der Waals surface area contributed by atoms with Crippen molar-refractivity contribution in [2.75, 3.05) is 6.54 Å². The van der Waals surface area contributed by atoms with Crippen LogP contribution in [-0.2, 0) is 0 Å². The second-order valence-corrected chi connectivity index (χ2v) is 6.29. The first-order valence-corrected chi connectivity index (χ1v) is 6.14. The van der Waals surface area contributed by atoms with E-state index in [9.17, 15) is 0 Å². The zero-order valence-corrected chi connectivity index (χ0v) is 10.6. The van der Waals surface area contributed by atoms with Crippen LogP contribution in [0.2, 0.25) is 0 Å². The number of hydrogen-bond donors (Lipinski definition) is 1. The summed E-state index contributed by atoms with van der Waals surface area (Å²) in [6, 6.07) is 0.769. The van der Waals surface area contributed by atoms with Crippen LogP contribution in [0.25, 0.3) is 0 Å². The Labute approximate surface area is 89.7 Å². The first-order valence-electron chi connectivity index (χ1n) is 6.14. The van der Waals surface area contributed by atoms with E-state index < -0.39 is 0 Å². The molecular formula is C13H27N. The van der Waals surface area contributed by atoms with Crippen molar-refractivity contribution in [2.24, 2.45) is 17.3 Å². The Morgan fingerprint density at radius 3 is 2.50 bits per heavy atom. The second-order valence-electron chi connectivity index (χ2n) is 6.29. The molecular weight excluding hydrogens is 170 g/mol. The molecule has 1 saturated carbocycles. The molecule has 0 aromatic carbocycles. The summed E-state index contributed by atoms with van der Waals surface area (Å²) in [5, 5.41) is 3.71. The van der Waals surface area contributed by atoms with Crippen LogP contribution in [-0.4, -0.2) is 12.6 Å². The molecule has 2 atom stereocenters. The number of nitrogens with one attached hydrogen (secondary N) is 1. The van der Waals surface area contributed by atoms with E-state index in [1.165, 1.54) is 25.8 Å². The van der Waals surface area contributed by atoms with Gasteiger partial charge in [0.25, 0.3) is 0 Å². The van der Waals surface area contributed by atoms with Gasteiger partial charge in [-0.2, -0.15) is 0 Å². The Morgan fingerprint density at radius 2 is 2.00 bits per heavy atom. The van der Waals surface area contributed by atoms with Crippen molar-refractivity contribution >= 4 is 0 Å². The average molecular weight is 197 g/mol. The first-order chi connectivity index (χ1) is 6.41.